The highest BCUT2D eigenvalue weighted by atomic mass is 16.1. The van der Waals surface area contributed by atoms with E-state index in [9.17, 15) is 9.59 Å². The Morgan fingerprint density at radius 1 is 1.35 bits per heavy atom. The zero-order chi connectivity index (χ0) is 12.7. The van der Waals surface area contributed by atoms with E-state index in [4.69, 9.17) is 0 Å². The van der Waals surface area contributed by atoms with Gasteiger partial charge in [-0.15, -0.1) is 0 Å². The van der Waals surface area contributed by atoms with Gasteiger partial charge in [-0.05, 0) is 30.7 Å². The number of hydrogen-bond donors (Lipinski definition) is 1. The summed E-state index contributed by atoms with van der Waals surface area (Å²) >= 11 is 0. The van der Waals surface area contributed by atoms with Crippen LogP contribution in [0.4, 0.5) is 5.69 Å². The first-order valence-electron chi connectivity index (χ1n) is 5.72. The molecule has 0 saturated heterocycles. The maximum absolute atomic E-state index is 11.4. The van der Waals surface area contributed by atoms with Gasteiger partial charge in [-0.3, -0.25) is 9.59 Å². The number of aldehydes is 1. The lowest BCUT2D eigenvalue weighted by atomic mass is 10.2. The fraction of sp³-hybridized carbons (Fsp3) is 0.385. The summed E-state index contributed by atoms with van der Waals surface area (Å²) in [7, 11) is 1.63. The first-order chi connectivity index (χ1) is 8.21. The maximum atomic E-state index is 11.4. The number of amides is 1. The molecule has 0 aliphatic heterocycles. The van der Waals surface area contributed by atoms with Crippen molar-refractivity contribution in [3.05, 3.63) is 29.8 Å². The minimum Gasteiger partial charge on any atom is -0.362 e. The average molecular weight is 234 g/mol. The molecule has 0 bridgehead atoms. The molecule has 1 amide bonds. The van der Waals surface area contributed by atoms with Crippen LogP contribution in [-0.2, 0) is 4.79 Å². The summed E-state index contributed by atoms with van der Waals surface area (Å²) in [5.41, 5.74) is 1.60. The first-order valence-corrected chi connectivity index (χ1v) is 5.72. The van der Waals surface area contributed by atoms with Crippen molar-refractivity contribution >= 4 is 17.9 Å². The van der Waals surface area contributed by atoms with Crippen molar-refractivity contribution in [2.45, 2.75) is 13.3 Å². The number of anilines is 1. The fourth-order valence-electron chi connectivity index (χ4n) is 1.59. The molecule has 0 fully saturated rings. The van der Waals surface area contributed by atoms with Crippen molar-refractivity contribution in [1.29, 1.82) is 0 Å². The second-order valence-electron chi connectivity index (χ2n) is 3.80. The van der Waals surface area contributed by atoms with E-state index in [0.29, 0.717) is 12.1 Å². The minimum atomic E-state index is -0.0158. The van der Waals surface area contributed by atoms with E-state index >= 15 is 0 Å². The standard InChI is InChI=1S/C13H18N2O2/c1-3-8-15(9-13(17)14-2)12-6-4-11(10-16)5-7-12/h4-7,10H,3,8-9H2,1-2H3,(H,14,17). The largest absolute Gasteiger partial charge is 0.362 e. The SMILES string of the molecule is CCCN(CC(=O)NC)c1ccc(C=O)cc1. The lowest BCUT2D eigenvalue weighted by molar-refractivity contribution is -0.119. The Bertz CT molecular complexity index is 374. The van der Waals surface area contributed by atoms with Crippen molar-refractivity contribution in [2.75, 3.05) is 25.0 Å². The Hall–Kier alpha value is -1.84. The van der Waals surface area contributed by atoms with Crippen LogP contribution in [0.2, 0.25) is 0 Å². The maximum Gasteiger partial charge on any atom is 0.239 e. The smallest absolute Gasteiger partial charge is 0.239 e. The summed E-state index contributed by atoms with van der Waals surface area (Å²) in [5, 5.41) is 2.61. The Morgan fingerprint density at radius 3 is 2.47 bits per heavy atom. The lowest BCUT2D eigenvalue weighted by Crippen LogP contribution is -2.36. The number of nitrogens with zero attached hydrogens (tertiary/aromatic N) is 1. The van der Waals surface area contributed by atoms with E-state index in [1.54, 1.807) is 19.2 Å². The molecule has 0 spiro atoms. The molecule has 17 heavy (non-hydrogen) atoms. The third-order valence-corrected chi connectivity index (χ3v) is 2.50. The molecule has 0 aromatic heterocycles. The quantitative estimate of drug-likeness (QED) is 0.758. The van der Waals surface area contributed by atoms with E-state index in [0.717, 1.165) is 24.9 Å². The molecule has 0 aliphatic rings. The third-order valence-electron chi connectivity index (χ3n) is 2.50. The molecule has 92 valence electrons. The molecule has 4 heteroatoms. The molecule has 0 saturated carbocycles. The molecule has 1 N–H and O–H groups in total. The Kier molecular flexibility index (Phi) is 5.20. The Morgan fingerprint density at radius 2 is 2.00 bits per heavy atom. The highest BCUT2D eigenvalue weighted by Gasteiger charge is 2.09. The van der Waals surface area contributed by atoms with Crippen molar-refractivity contribution < 1.29 is 9.59 Å². The van der Waals surface area contributed by atoms with Crippen molar-refractivity contribution in [3.63, 3.8) is 0 Å². The second kappa shape index (κ2) is 6.68. The molecule has 0 unspecified atom stereocenters. The third kappa shape index (κ3) is 3.90. The second-order valence-corrected chi connectivity index (χ2v) is 3.80. The molecule has 1 aromatic carbocycles. The number of hydrogen-bond acceptors (Lipinski definition) is 3. The number of nitrogens with one attached hydrogen (secondary N) is 1. The molecule has 0 heterocycles. The van der Waals surface area contributed by atoms with Crippen LogP contribution in [-0.4, -0.2) is 32.3 Å². The van der Waals surface area contributed by atoms with Gasteiger partial charge in [-0.2, -0.15) is 0 Å². The Balaban J connectivity index is 2.80. The van der Waals surface area contributed by atoms with E-state index < -0.39 is 0 Å². The summed E-state index contributed by atoms with van der Waals surface area (Å²) in [6.07, 6.45) is 1.78. The zero-order valence-corrected chi connectivity index (χ0v) is 10.3. The lowest BCUT2D eigenvalue weighted by Gasteiger charge is -2.23. The summed E-state index contributed by atoms with van der Waals surface area (Å²) in [4.78, 5) is 23.9. The summed E-state index contributed by atoms with van der Waals surface area (Å²) in [5.74, 6) is -0.0158. The number of carbonyl (C=O) groups excluding carboxylic acids is 2. The fourth-order valence-corrected chi connectivity index (χ4v) is 1.59. The predicted molar refractivity (Wildman–Crippen MR) is 68.4 cm³/mol. The summed E-state index contributed by atoms with van der Waals surface area (Å²) in [6, 6.07) is 7.24. The van der Waals surface area contributed by atoms with Gasteiger partial charge in [0, 0.05) is 24.8 Å². The van der Waals surface area contributed by atoms with E-state index in [-0.39, 0.29) is 5.91 Å². The summed E-state index contributed by atoms with van der Waals surface area (Å²) < 4.78 is 0. The van der Waals surface area contributed by atoms with E-state index in [1.165, 1.54) is 0 Å². The van der Waals surface area contributed by atoms with Crippen LogP contribution < -0.4 is 10.2 Å². The number of rotatable bonds is 6. The van der Waals surface area contributed by atoms with Gasteiger partial charge in [0.1, 0.15) is 6.29 Å². The zero-order valence-electron chi connectivity index (χ0n) is 10.3. The first kappa shape index (κ1) is 13.2. The highest BCUT2D eigenvalue weighted by Crippen LogP contribution is 2.14. The normalized spacial score (nSPS) is 9.76. The van der Waals surface area contributed by atoms with E-state index in [2.05, 4.69) is 12.2 Å². The topological polar surface area (TPSA) is 49.4 Å². The van der Waals surface area contributed by atoms with Crippen LogP contribution in [0.3, 0.4) is 0 Å². The molecule has 1 rings (SSSR count). The van der Waals surface area contributed by atoms with Crippen LogP contribution in [0.1, 0.15) is 23.7 Å². The number of benzene rings is 1. The average Bonchev–Trinajstić information content (AvgIpc) is 2.38. The van der Waals surface area contributed by atoms with E-state index in [1.807, 2.05) is 17.0 Å². The van der Waals surface area contributed by atoms with Gasteiger partial charge in [-0.1, -0.05) is 6.92 Å². The van der Waals surface area contributed by atoms with Crippen molar-refractivity contribution in [2.24, 2.45) is 0 Å². The van der Waals surface area contributed by atoms with Gasteiger partial charge >= 0.3 is 0 Å². The van der Waals surface area contributed by atoms with Gasteiger partial charge in [0.15, 0.2) is 0 Å². The molecule has 0 aliphatic carbocycles. The molecular formula is C13H18N2O2. The van der Waals surface area contributed by atoms with Crippen LogP contribution in [0, 0.1) is 0 Å². The van der Waals surface area contributed by atoms with Gasteiger partial charge in [0.05, 0.1) is 6.54 Å². The Labute approximate surface area is 102 Å². The minimum absolute atomic E-state index is 0.0158. The molecular weight excluding hydrogens is 216 g/mol. The van der Waals surface area contributed by atoms with Crippen LogP contribution in [0.25, 0.3) is 0 Å². The monoisotopic (exact) mass is 234 g/mol. The van der Waals surface area contributed by atoms with Gasteiger partial charge in [0.2, 0.25) is 5.91 Å². The summed E-state index contributed by atoms with van der Waals surface area (Å²) in [6.45, 7) is 3.22. The predicted octanol–water partition coefficient (Wildman–Crippen LogP) is 1.46. The van der Waals surface area contributed by atoms with Crippen molar-refractivity contribution in [3.8, 4) is 0 Å². The van der Waals surface area contributed by atoms with Crippen molar-refractivity contribution in [1.82, 2.24) is 5.32 Å². The molecule has 0 atom stereocenters. The van der Waals surface area contributed by atoms with Crippen LogP contribution in [0.15, 0.2) is 24.3 Å². The number of carbonyl (C=O) groups is 2. The van der Waals surface area contributed by atoms with Gasteiger partial charge in [0.25, 0.3) is 0 Å². The van der Waals surface area contributed by atoms with Crippen LogP contribution >= 0.6 is 0 Å². The van der Waals surface area contributed by atoms with Crippen LogP contribution in [0.5, 0.6) is 0 Å². The molecule has 0 radical (unpaired) electrons. The highest BCUT2D eigenvalue weighted by molar-refractivity contribution is 5.81. The number of likely N-dealkylation sites (N-methyl/N-ethyl adjacent to an activating group) is 1. The molecule has 4 nitrogen and oxygen atoms in total. The molecule has 1 aromatic rings. The van der Waals surface area contributed by atoms with Gasteiger partial charge < -0.3 is 10.2 Å². The van der Waals surface area contributed by atoms with Gasteiger partial charge in [-0.25, -0.2) is 0 Å².